The van der Waals surface area contributed by atoms with E-state index in [0.717, 1.165) is 4.90 Å². The number of carbonyl (C=O) groups excluding carboxylic acids is 3. The van der Waals surface area contributed by atoms with Gasteiger partial charge in [0.1, 0.15) is 5.75 Å². The van der Waals surface area contributed by atoms with Gasteiger partial charge >= 0.3 is 5.97 Å². The first-order valence-electron chi connectivity index (χ1n) is 7.28. The Morgan fingerprint density at radius 2 is 1.43 bits per heavy atom. The number of esters is 1. The van der Waals surface area contributed by atoms with Crippen LogP contribution in [-0.4, -0.2) is 17.8 Å². The smallest absolute Gasteiger partial charge is 0.313 e. The number of nitrogens with zero attached hydrogens (tertiary/aromatic N) is 1. The summed E-state index contributed by atoms with van der Waals surface area (Å²) in [7, 11) is 0. The summed E-state index contributed by atoms with van der Waals surface area (Å²) in [4.78, 5) is 37.4. The highest BCUT2D eigenvalue weighted by Gasteiger charge is 2.36. The van der Waals surface area contributed by atoms with Gasteiger partial charge in [-0.1, -0.05) is 26.0 Å². The van der Waals surface area contributed by atoms with Crippen LogP contribution in [0.15, 0.2) is 48.5 Å². The minimum absolute atomic E-state index is 0.231. The number of anilines is 1. The molecule has 0 aromatic heterocycles. The zero-order chi connectivity index (χ0) is 16.6. The molecule has 0 unspecified atom stereocenters. The zero-order valence-electron chi connectivity index (χ0n) is 12.8. The maximum atomic E-state index is 12.4. The number of fused-ring (bicyclic) bond motifs is 1. The van der Waals surface area contributed by atoms with Crippen LogP contribution in [0.3, 0.4) is 0 Å². The monoisotopic (exact) mass is 309 g/mol. The Morgan fingerprint density at radius 3 is 1.91 bits per heavy atom. The molecule has 1 aliphatic rings. The highest BCUT2D eigenvalue weighted by molar-refractivity contribution is 6.34. The van der Waals surface area contributed by atoms with Crippen molar-refractivity contribution >= 4 is 23.5 Å². The molecule has 0 aliphatic carbocycles. The molecule has 5 nitrogen and oxygen atoms in total. The molecule has 2 aromatic carbocycles. The van der Waals surface area contributed by atoms with E-state index in [2.05, 4.69) is 0 Å². The van der Waals surface area contributed by atoms with Crippen molar-refractivity contribution in [2.45, 2.75) is 13.8 Å². The third-order valence-corrected chi connectivity index (χ3v) is 3.58. The van der Waals surface area contributed by atoms with Crippen LogP contribution in [0.25, 0.3) is 0 Å². The normalized spacial score (nSPS) is 13.4. The highest BCUT2D eigenvalue weighted by Crippen LogP contribution is 2.29. The molecule has 0 radical (unpaired) electrons. The van der Waals surface area contributed by atoms with E-state index in [1.165, 1.54) is 0 Å². The fraction of sp³-hybridized carbons (Fsp3) is 0.167. The van der Waals surface area contributed by atoms with Gasteiger partial charge in [-0.25, -0.2) is 4.90 Å². The molecule has 5 heteroatoms. The van der Waals surface area contributed by atoms with E-state index in [1.807, 2.05) is 0 Å². The second kappa shape index (κ2) is 5.68. The van der Waals surface area contributed by atoms with Crippen LogP contribution < -0.4 is 9.64 Å². The van der Waals surface area contributed by atoms with Gasteiger partial charge in [-0.2, -0.15) is 0 Å². The van der Waals surface area contributed by atoms with Gasteiger partial charge in [0, 0.05) is 0 Å². The minimum atomic E-state index is -0.350. The molecule has 116 valence electrons. The molecule has 0 N–H and O–H groups in total. The van der Waals surface area contributed by atoms with Crippen LogP contribution in [-0.2, 0) is 4.79 Å². The van der Waals surface area contributed by atoms with Crippen LogP contribution in [0.4, 0.5) is 5.69 Å². The summed E-state index contributed by atoms with van der Waals surface area (Å²) in [5.74, 6) is -0.886. The van der Waals surface area contributed by atoms with Crippen LogP contribution in [0.2, 0.25) is 0 Å². The SMILES string of the molecule is CC(C)C(=O)Oc1ccc(N2C(=O)c3ccccc3C2=O)cc1. The van der Waals surface area contributed by atoms with Crippen molar-refractivity contribution in [1.82, 2.24) is 0 Å². The predicted molar refractivity (Wildman–Crippen MR) is 84.5 cm³/mol. The molecule has 23 heavy (non-hydrogen) atoms. The number of carbonyl (C=O) groups is 3. The number of imide groups is 1. The number of hydrogen-bond donors (Lipinski definition) is 0. The highest BCUT2D eigenvalue weighted by atomic mass is 16.5. The standard InChI is InChI=1S/C18H15NO4/c1-11(2)18(22)23-13-9-7-12(8-10-13)19-16(20)14-5-3-4-6-15(14)17(19)21/h3-11H,1-2H3. The third kappa shape index (κ3) is 2.61. The van der Waals surface area contributed by atoms with Crippen LogP contribution >= 0.6 is 0 Å². The summed E-state index contributed by atoms with van der Waals surface area (Å²) in [5, 5.41) is 0. The van der Waals surface area contributed by atoms with Crippen molar-refractivity contribution in [2.24, 2.45) is 5.92 Å². The quantitative estimate of drug-likeness (QED) is 0.496. The molecule has 0 atom stereocenters. The van der Waals surface area contributed by atoms with Gasteiger partial charge in [0.25, 0.3) is 11.8 Å². The van der Waals surface area contributed by atoms with Crippen molar-refractivity contribution in [3.63, 3.8) is 0 Å². The maximum absolute atomic E-state index is 12.4. The van der Waals surface area contributed by atoms with Gasteiger partial charge in [0.05, 0.1) is 22.7 Å². The number of hydrogen-bond acceptors (Lipinski definition) is 4. The molecule has 3 rings (SSSR count). The Bertz CT molecular complexity index is 758. The van der Waals surface area contributed by atoms with Gasteiger partial charge in [-0.05, 0) is 36.4 Å². The Labute approximate surface area is 133 Å². The molecule has 2 amide bonds. The Balaban J connectivity index is 1.85. The van der Waals surface area contributed by atoms with Crippen LogP contribution in [0.5, 0.6) is 5.75 Å². The van der Waals surface area contributed by atoms with E-state index in [-0.39, 0.29) is 23.7 Å². The Hall–Kier alpha value is -2.95. The number of rotatable bonds is 3. The first-order valence-corrected chi connectivity index (χ1v) is 7.28. The van der Waals surface area contributed by atoms with Crippen molar-refractivity contribution in [2.75, 3.05) is 4.90 Å². The zero-order valence-corrected chi connectivity index (χ0v) is 12.8. The maximum Gasteiger partial charge on any atom is 0.313 e. The van der Waals surface area contributed by atoms with Gasteiger partial charge < -0.3 is 4.74 Å². The number of amides is 2. The third-order valence-electron chi connectivity index (χ3n) is 3.58. The summed E-state index contributed by atoms with van der Waals surface area (Å²) in [6.07, 6.45) is 0. The first kappa shape index (κ1) is 15.0. The summed E-state index contributed by atoms with van der Waals surface area (Å²) in [5.41, 5.74) is 1.24. The van der Waals surface area contributed by atoms with Crippen molar-refractivity contribution in [3.8, 4) is 5.75 Å². The summed E-state index contributed by atoms with van der Waals surface area (Å²) in [6.45, 7) is 3.49. The van der Waals surface area contributed by atoms with E-state index in [0.29, 0.717) is 22.6 Å². The molecule has 0 saturated heterocycles. The molecule has 2 aromatic rings. The number of benzene rings is 2. The van der Waals surface area contributed by atoms with Gasteiger partial charge in [0.2, 0.25) is 0 Å². The lowest BCUT2D eigenvalue weighted by atomic mass is 10.1. The molecule has 0 bridgehead atoms. The summed E-state index contributed by atoms with van der Waals surface area (Å²) < 4.78 is 5.18. The van der Waals surface area contributed by atoms with Crippen molar-refractivity contribution < 1.29 is 19.1 Å². The van der Waals surface area contributed by atoms with Gasteiger partial charge in [0.15, 0.2) is 0 Å². The molecule has 0 saturated carbocycles. The largest absolute Gasteiger partial charge is 0.426 e. The van der Waals surface area contributed by atoms with E-state index < -0.39 is 0 Å². The second-order valence-corrected chi connectivity index (χ2v) is 5.56. The average molecular weight is 309 g/mol. The molecular weight excluding hydrogens is 294 g/mol. The lowest BCUT2D eigenvalue weighted by molar-refractivity contribution is -0.137. The lowest BCUT2D eigenvalue weighted by Gasteiger charge is -2.14. The Morgan fingerprint density at radius 1 is 0.913 bits per heavy atom. The van der Waals surface area contributed by atoms with Gasteiger partial charge in [-0.3, -0.25) is 14.4 Å². The summed E-state index contributed by atoms with van der Waals surface area (Å²) in [6, 6.07) is 13.0. The van der Waals surface area contributed by atoms with Crippen molar-refractivity contribution in [3.05, 3.63) is 59.7 Å². The fourth-order valence-electron chi connectivity index (χ4n) is 2.32. The lowest BCUT2D eigenvalue weighted by Crippen LogP contribution is -2.29. The first-order chi connectivity index (χ1) is 11.0. The van der Waals surface area contributed by atoms with Gasteiger partial charge in [-0.15, -0.1) is 0 Å². The fourth-order valence-corrected chi connectivity index (χ4v) is 2.32. The Kier molecular flexibility index (Phi) is 3.70. The van der Waals surface area contributed by atoms with E-state index >= 15 is 0 Å². The minimum Gasteiger partial charge on any atom is -0.426 e. The van der Waals surface area contributed by atoms with Crippen LogP contribution in [0, 0.1) is 5.92 Å². The van der Waals surface area contributed by atoms with E-state index in [1.54, 1.807) is 62.4 Å². The summed E-state index contributed by atoms with van der Waals surface area (Å²) >= 11 is 0. The van der Waals surface area contributed by atoms with Crippen LogP contribution in [0.1, 0.15) is 34.6 Å². The molecule has 0 fully saturated rings. The van der Waals surface area contributed by atoms with Crippen molar-refractivity contribution in [1.29, 1.82) is 0 Å². The van der Waals surface area contributed by atoms with E-state index in [4.69, 9.17) is 4.74 Å². The van der Waals surface area contributed by atoms with E-state index in [9.17, 15) is 14.4 Å². The average Bonchev–Trinajstić information content (AvgIpc) is 2.80. The molecule has 1 aliphatic heterocycles. The molecule has 0 spiro atoms. The molecular formula is C18H15NO4. The second-order valence-electron chi connectivity index (χ2n) is 5.56. The molecule has 1 heterocycles. The topological polar surface area (TPSA) is 63.7 Å². The predicted octanol–water partition coefficient (Wildman–Crippen LogP) is 3.05. The number of ether oxygens (including phenoxy) is 1.